The van der Waals surface area contributed by atoms with Crippen molar-refractivity contribution in [2.24, 2.45) is 10.2 Å². The summed E-state index contributed by atoms with van der Waals surface area (Å²) in [5.41, 5.74) is 7.61. The number of nitrogens with zero attached hydrogens (tertiary/aromatic N) is 3. The molecule has 5 rings (SSSR count). The number of anilines is 1. The predicted molar refractivity (Wildman–Crippen MR) is 121 cm³/mol. The van der Waals surface area contributed by atoms with Crippen LogP contribution in [0, 0.1) is 0 Å². The van der Waals surface area contributed by atoms with Gasteiger partial charge in [0, 0.05) is 29.2 Å². The second-order valence-electron chi connectivity index (χ2n) is 8.61. The summed E-state index contributed by atoms with van der Waals surface area (Å²) in [5.74, 6) is -0.199. The van der Waals surface area contributed by atoms with Crippen LogP contribution in [0.5, 0.6) is 0 Å². The second kappa shape index (κ2) is 8.50. The van der Waals surface area contributed by atoms with Crippen LogP contribution < -0.4 is 4.90 Å². The molecule has 0 bridgehead atoms. The van der Waals surface area contributed by atoms with Gasteiger partial charge in [0.05, 0.1) is 19.2 Å². The third-order valence-corrected chi connectivity index (χ3v) is 7.85. The molecule has 6 heteroatoms. The summed E-state index contributed by atoms with van der Waals surface area (Å²) < 4.78 is 4.96. The Morgan fingerprint density at radius 2 is 1.73 bits per heavy atom. The molecule has 1 aromatic heterocycles. The molecule has 0 N–H and O–H groups in total. The van der Waals surface area contributed by atoms with E-state index in [2.05, 4.69) is 27.3 Å². The lowest BCUT2D eigenvalue weighted by atomic mass is 9.91. The normalized spacial score (nSPS) is 18.1. The Hall–Kier alpha value is -2.21. The van der Waals surface area contributed by atoms with E-state index in [9.17, 15) is 4.79 Å². The fourth-order valence-corrected chi connectivity index (χ4v) is 6.45. The molecule has 0 radical (unpaired) electrons. The number of hydrogen-bond donors (Lipinski definition) is 0. The summed E-state index contributed by atoms with van der Waals surface area (Å²) in [5, 5.41) is 10.2. The smallest absolute Gasteiger partial charge is 0.310 e. The summed E-state index contributed by atoms with van der Waals surface area (Å²) in [6.45, 7) is 2.36. The van der Waals surface area contributed by atoms with Crippen molar-refractivity contribution in [1.29, 1.82) is 0 Å². The van der Waals surface area contributed by atoms with Crippen LogP contribution in [-0.4, -0.2) is 26.2 Å². The van der Waals surface area contributed by atoms with Crippen LogP contribution in [0.1, 0.15) is 59.2 Å². The highest BCUT2D eigenvalue weighted by molar-refractivity contribution is 7.16. The number of carbonyl (C=O) groups is 1. The molecule has 30 heavy (non-hydrogen) atoms. The minimum Gasteiger partial charge on any atom is -0.469 e. The highest BCUT2D eigenvalue weighted by atomic mass is 32.1. The molecular weight excluding hydrogens is 394 g/mol. The van der Waals surface area contributed by atoms with Gasteiger partial charge >= 0.3 is 5.97 Å². The highest BCUT2D eigenvalue weighted by Gasteiger charge is 2.25. The number of azo groups is 1. The van der Waals surface area contributed by atoms with Gasteiger partial charge < -0.3 is 9.64 Å². The van der Waals surface area contributed by atoms with E-state index in [0.29, 0.717) is 6.42 Å². The SMILES string of the molecule is COC(=O)Cc1c(N=Nc2cc3c4c(c2)CCCN4CCC3)sc2c1CCCCC2. The number of benzene rings is 1. The van der Waals surface area contributed by atoms with Crippen LogP contribution in [0.4, 0.5) is 16.4 Å². The average molecular weight is 424 g/mol. The number of carbonyl (C=O) groups excluding carboxylic acids is 1. The molecule has 1 aliphatic carbocycles. The Labute approximate surface area is 182 Å². The van der Waals surface area contributed by atoms with Crippen LogP contribution in [0.2, 0.25) is 0 Å². The Kier molecular flexibility index (Phi) is 5.59. The zero-order valence-corrected chi connectivity index (χ0v) is 18.5. The van der Waals surface area contributed by atoms with Crippen molar-refractivity contribution >= 4 is 33.7 Å². The number of rotatable bonds is 4. The van der Waals surface area contributed by atoms with Gasteiger partial charge in [-0.05, 0) is 80.2 Å². The first-order chi connectivity index (χ1) is 14.7. The fraction of sp³-hybridized carbons (Fsp3) is 0.542. The number of ether oxygens (including phenoxy) is 1. The molecule has 3 heterocycles. The van der Waals surface area contributed by atoms with Gasteiger partial charge in [-0.25, -0.2) is 0 Å². The van der Waals surface area contributed by atoms with Crippen LogP contribution in [-0.2, 0) is 41.6 Å². The quantitative estimate of drug-likeness (QED) is 0.352. The van der Waals surface area contributed by atoms with Crippen molar-refractivity contribution in [3.8, 4) is 0 Å². The lowest BCUT2D eigenvalue weighted by molar-refractivity contribution is -0.139. The molecule has 0 saturated carbocycles. The zero-order valence-electron chi connectivity index (χ0n) is 17.7. The summed E-state index contributed by atoms with van der Waals surface area (Å²) in [4.78, 5) is 16.0. The molecule has 5 nitrogen and oxygen atoms in total. The fourth-order valence-electron chi connectivity index (χ4n) is 5.22. The molecule has 0 fully saturated rings. The summed E-state index contributed by atoms with van der Waals surface area (Å²) in [6.07, 6.45) is 10.8. The number of fused-ring (bicyclic) bond motifs is 1. The van der Waals surface area contributed by atoms with E-state index in [1.165, 1.54) is 79.6 Å². The van der Waals surface area contributed by atoms with Gasteiger partial charge in [0.1, 0.15) is 5.00 Å². The minimum atomic E-state index is -0.199. The number of aryl methyl sites for hydroxylation is 3. The highest BCUT2D eigenvalue weighted by Crippen LogP contribution is 2.42. The maximum atomic E-state index is 12.1. The van der Waals surface area contributed by atoms with E-state index >= 15 is 0 Å². The topological polar surface area (TPSA) is 54.3 Å². The van der Waals surface area contributed by atoms with Crippen LogP contribution in [0.25, 0.3) is 0 Å². The van der Waals surface area contributed by atoms with Gasteiger partial charge in [-0.2, -0.15) is 0 Å². The monoisotopic (exact) mass is 423 g/mol. The van der Waals surface area contributed by atoms with Crippen molar-refractivity contribution in [2.45, 2.75) is 64.2 Å². The molecule has 2 aliphatic heterocycles. The molecule has 3 aliphatic rings. The van der Waals surface area contributed by atoms with Crippen molar-refractivity contribution < 1.29 is 9.53 Å². The van der Waals surface area contributed by atoms with Gasteiger partial charge in [0.25, 0.3) is 0 Å². The van der Waals surface area contributed by atoms with Crippen LogP contribution >= 0.6 is 11.3 Å². The third-order valence-electron chi connectivity index (χ3n) is 6.63. The van der Waals surface area contributed by atoms with Gasteiger partial charge in [0.15, 0.2) is 0 Å². The van der Waals surface area contributed by atoms with E-state index in [1.54, 1.807) is 11.3 Å². The lowest BCUT2D eigenvalue weighted by Gasteiger charge is -2.36. The maximum Gasteiger partial charge on any atom is 0.310 e. The number of thiophene rings is 1. The molecule has 0 unspecified atom stereocenters. The molecule has 158 valence electrons. The zero-order chi connectivity index (χ0) is 20.5. The van der Waals surface area contributed by atoms with Crippen LogP contribution in [0.3, 0.4) is 0 Å². The van der Waals surface area contributed by atoms with E-state index in [0.717, 1.165) is 41.9 Å². The van der Waals surface area contributed by atoms with Gasteiger partial charge in [-0.1, -0.05) is 6.42 Å². The Morgan fingerprint density at radius 1 is 1.00 bits per heavy atom. The lowest BCUT2D eigenvalue weighted by Crippen LogP contribution is -2.34. The molecule has 1 aromatic carbocycles. The largest absolute Gasteiger partial charge is 0.469 e. The number of hydrogen-bond acceptors (Lipinski definition) is 6. The second-order valence-corrected chi connectivity index (χ2v) is 9.69. The molecule has 0 spiro atoms. The first-order valence-corrected chi connectivity index (χ1v) is 12.1. The predicted octanol–water partition coefficient (Wildman–Crippen LogP) is 5.85. The number of methoxy groups -OCH3 is 1. The maximum absolute atomic E-state index is 12.1. The van der Waals surface area contributed by atoms with E-state index in [-0.39, 0.29) is 5.97 Å². The van der Waals surface area contributed by atoms with E-state index in [1.807, 2.05) is 0 Å². The number of esters is 1. The van der Waals surface area contributed by atoms with Crippen molar-refractivity contribution in [1.82, 2.24) is 0 Å². The Morgan fingerprint density at radius 3 is 2.47 bits per heavy atom. The molecule has 0 saturated heterocycles. The van der Waals surface area contributed by atoms with Gasteiger partial charge in [-0.15, -0.1) is 21.6 Å². The first kappa shape index (κ1) is 19.7. The first-order valence-electron chi connectivity index (χ1n) is 11.3. The van der Waals surface area contributed by atoms with Gasteiger partial charge in [0.2, 0.25) is 0 Å². The van der Waals surface area contributed by atoms with Crippen molar-refractivity contribution in [3.05, 3.63) is 39.3 Å². The van der Waals surface area contributed by atoms with E-state index in [4.69, 9.17) is 4.74 Å². The summed E-state index contributed by atoms with van der Waals surface area (Å²) in [7, 11) is 1.45. The van der Waals surface area contributed by atoms with Crippen molar-refractivity contribution in [2.75, 3.05) is 25.1 Å². The van der Waals surface area contributed by atoms with Crippen molar-refractivity contribution in [3.63, 3.8) is 0 Å². The molecule has 0 amide bonds. The van der Waals surface area contributed by atoms with Gasteiger partial charge in [-0.3, -0.25) is 4.79 Å². The molecular formula is C24H29N3O2S. The third kappa shape index (κ3) is 3.78. The standard InChI is InChI=1S/C24H29N3O2S/c1-29-22(28)15-20-19-9-3-2-4-10-21(19)30-24(20)26-25-18-13-16-7-5-11-27-12-6-8-17(14-18)23(16)27/h13-14H,2-12,15H2,1H3. The average Bonchev–Trinajstić information content (AvgIpc) is 2.92. The summed E-state index contributed by atoms with van der Waals surface area (Å²) >= 11 is 1.72. The molecule has 2 aromatic rings. The Balaban J connectivity index is 1.49. The summed E-state index contributed by atoms with van der Waals surface area (Å²) in [6, 6.07) is 4.44. The Bertz CT molecular complexity index is 964. The van der Waals surface area contributed by atoms with E-state index < -0.39 is 0 Å². The van der Waals surface area contributed by atoms with Crippen LogP contribution in [0.15, 0.2) is 22.4 Å². The molecule has 0 atom stereocenters. The minimum absolute atomic E-state index is 0.199.